The van der Waals surface area contributed by atoms with Gasteiger partial charge in [0.2, 0.25) is 5.91 Å². The van der Waals surface area contributed by atoms with Crippen molar-refractivity contribution in [3.05, 3.63) is 17.7 Å². The number of hydrogen-bond donors (Lipinski definition) is 5. The number of amides is 1. The summed E-state index contributed by atoms with van der Waals surface area (Å²) in [6.45, 7) is -0.354. The summed E-state index contributed by atoms with van der Waals surface area (Å²) in [5.74, 6) is -0.00815. The van der Waals surface area contributed by atoms with Crippen molar-refractivity contribution < 1.29 is 15.0 Å². The average molecular weight is 251 g/mol. The number of nitrogen functional groups attached to an aromatic ring is 1. The molecule has 1 amide bonds. The van der Waals surface area contributed by atoms with E-state index in [1.165, 1.54) is 0 Å². The molecule has 6 heteroatoms. The molecule has 0 saturated heterocycles. The van der Waals surface area contributed by atoms with Gasteiger partial charge in [-0.1, -0.05) is 0 Å². The SMILES string of the molecule is Nc1cc2c(cc1NC(CO)CO)CCC(=O)N2. The first-order valence-electron chi connectivity index (χ1n) is 5.84. The zero-order valence-corrected chi connectivity index (χ0v) is 9.94. The molecule has 18 heavy (non-hydrogen) atoms. The number of rotatable bonds is 4. The lowest BCUT2D eigenvalue weighted by molar-refractivity contribution is -0.116. The quantitative estimate of drug-likeness (QED) is 0.481. The number of fused-ring (bicyclic) bond motifs is 1. The Balaban J connectivity index is 2.25. The van der Waals surface area contributed by atoms with Gasteiger partial charge >= 0.3 is 0 Å². The number of aliphatic hydroxyl groups is 2. The second kappa shape index (κ2) is 5.24. The zero-order valence-electron chi connectivity index (χ0n) is 9.94. The summed E-state index contributed by atoms with van der Waals surface area (Å²) < 4.78 is 0. The Morgan fingerprint density at radius 3 is 2.72 bits per heavy atom. The fraction of sp³-hybridized carbons (Fsp3) is 0.417. The molecule has 0 aliphatic carbocycles. The highest BCUT2D eigenvalue weighted by atomic mass is 16.3. The second-order valence-corrected chi connectivity index (χ2v) is 4.35. The van der Waals surface area contributed by atoms with Gasteiger partial charge < -0.3 is 26.6 Å². The van der Waals surface area contributed by atoms with Gasteiger partial charge in [-0.2, -0.15) is 0 Å². The maximum absolute atomic E-state index is 11.3. The van der Waals surface area contributed by atoms with Crippen molar-refractivity contribution >= 4 is 23.0 Å². The smallest absolute Gasteiger partial charge is 0.224 e. The number of carbonyl (C=O) groups excluding carboxylic acids is 1. The Labute approximate surface area is 105 Å². The number of aliphatic hydroxyl groups excluding tert-OH is 2. The highest BCUT2D eigenvalue weighted by Gasteiger charge is 2.17. The van der Waals surface area contributed by atoms with Crippen LogP contribution in [0.5, 0.6) is 0 Å². The number of carbonyl (C=O) groups is 1. The van der Waals surface area contributed by atoms with Gasteiger partial charge in [-0.15, -0.1) is 0 Å². The van der Waals surface area contributed by atoms with Gasteiger partial charge in [0, 0.05) is 12.1 Å². The van der Waals surface area contributed by atoms with Crippen molar-refractivity contribution in [2.45, 2.75) is 18.9 Å². The van der Waals surface area contributed by atoms with Crippen LogP contribution < -0.4 is 16.4 Å². The van der Waals surface area contributed by atoms with Crippen molar-refractivity contribution in [3.63, 3.8) is 0 Å². The summed E-state index contributed by atoms with van der Waals surface area (Å²) in [5, 5.41) is 23.8. The molecule has 0 spiro atoms. The lowest BCUT2D eigenvalue weighted by Gasteiger charge is -2.22. The molecule has 1 aliphatic rings. The van der Waals surface area contributed by atoms with Crippen LogP contribution in [-0.2, 0) is 11.2 Å². The van der Waals surface area contributed by atoms with E-state index >= 15 is 0 Å². The molecule has 0 aromatic heterocycles. The third-order valence-corrected chi connectivity index (χ3v) is 2.97. The molecule has 1 aromatic carbocycles. The number of nitrogens with two attached hydrogens (primary N) is 1. The number of anilines is 3. The number of hydrogen-bond acceptors (Lipinski definition) is 5. The molecular weight excluding hydrogens is 234 g/mol. The van der Waals surface area contributed by atoms with Gasteiger partial charge in [0.25, 0.3) is 0 Å². The van der Waals surface area contributed by atoms with Gasteiger partial charge in [0.1, 0.15) is 0 Å². The van der Waals surface area contributed by atoms with Crippen LogP contribution in [0.25, 0.3) is 0 Å². The van der Waals surface area contributed by atoms with Crippen LogP contribution in [0.3, 0.4) is 0 Å². The molecule has 98 valence electrons. The highest BCUT2D eigenvalue weighted by Crippen LogP contribution is 2.31. The van der Waals surface area contributed by atoms with E-state index in [1.807, 2.05) is 6.07 Å². The third-order valence-electron chi connectivity index (χ3n) is 2.97. The lowest BCUT2D eigenvalue weighted by Crippen LogP contribution is -2.28. The maximum atomic E-state index is 11.3. The van der Waals surface area contributed by atoms with Crippen molar-refractivity contribution in [3.8, 4) is 0 Å². The van der Waals surface area contributed by atoms with Gasteiger partial charge in [0.15, 0.2) is 0 Å². The lowest BCUT2D eigenvalue weighted by atomic mass is 10.0. The second-order valence-electron chi connectivity index (χ2n) is 4.35. The van der Waals surface area contributed by atoms with Crippen LogP contribution in [0.15, 0.2) is 12.1 Å². The van der Waals surface area contributed by atoms with Gasteiger partial charge in [0.05, 0.1) is 30.6 Å². The molecule has 0 saturated carbocycles. The summed E-state index contributed by atoms with van der Waals surface area (Å²) in [6.07, 6.45) is 1.12. The van der Waals surface area contributed by atoms with E-state index in [-0.39, 0.29) is 19.1 Å². The first-order chi connectivity index (χ1) is 8.63. The van der Waals surface area contributed by atoms with Crippen LogP contribution in [0.1, 0.15) is 12.0 Å². The van der Waals surface area contributed by atoms with Gasteiger partial charge in [-0.05, 0) is 24.1 Å². The molecule has 2 rings (SSSR count). The molecule has 0 atom stereocenters. The van der Waals surface area contributed by atoms with E-state index in [0.29, 0.717) is 24.2 Å². The fourth-order valence-electron chi connectivity index (χ4n) is 1.94. The number of aryl methyl sites for hydroxylation is 1. The van der Waals surface area contributed by atoms with Crippen molar-refractivity contribution in [1.29, 1.82) is 0 Å². The van der Waals surface area contributed by atoms with Crippen LogP contribution in [0.2, 0.25) is 0 Å². The Bertz CT molecular complexity index is 458. The Morgan fingerprint density at radius 1 is 1.33 bits per heavy atom. The van der Waals surface area contributed by atoms with Crippen LogP contribution in [-0.4, -0.2) is 35.4 Å². The summed E-state index contributed by atoms with van der Waals surface area (Å²) in [7, 11) is 0. The Kier molecular flexibility index (Phi) is 3.69. The topological polar surface area (TPSA) is 108 Å². The summed E-state index contributed by atoms with van der Waals surface area (Å²) >= 11 is 0. The molecule has 0 fully saturated rings. The number of benzene rings is 1. The maximum Gasteiger partial charge on any atom is 0.224 e. The minimum Gasteiger partial charge on any atom is -0.397 e. The standard InChI is InChI=1S/C12H17N3O3/c13-9-4-10-7(1-2-12(18)15-10)3-11(9)14-8(5-16)6-17/h3-4,8,14,16-17H,1-2,5-6,13H2,(H,15,18). The van der Waals surface area contributed by atoms with Crippen LogP contribution in [0, 0.1) is 0 Å². The van der Waals surface area contributed by atoms with Crippen molar-refractivity contribution in [2.24, 2.45) is 0 Å². The third kappa shape index (κ3) is 2.55. The summed E-state index contributed by atoms with van der Waals surface area (Å²) in [4.78, 5) is 11.3. The van der Waals surface area contributed by atoms with E-state index in [1.54, 1.807) is 6.07 Å². The first-order valence-corrected chi connectivity index (χ1v) is 5.84. The summed E-state index contributed by atoms with van der Waals surface area (Å²) in [6, 6.07) is 3.10. The molecule has 1 heterocycles. The molecule has 1 aromatic rings. The van der Waals surface area contributed by atoms with E-state index < -0.39 is 6.04 Å². The molecule has 0 radical (unpaired) electrons. The fourth-order valence-corrected chi connectivity index (χ4v) is 1.94. The summed E-state index contributed by atoms with van der Waals surface area (Å²) in [5.41, 5.74) is 8.75. The number of nitrogens with one attached hydrogen (secondary N) is 2. The van der Waals surface area contributed by atoms with Crippen molar-refractivity contribution in [2.75, 3.05) is 29.6 Å². The predicted octanol–water partition coefficient (Wildman–Crippen LogP) is -0.0814. The monoisotopic (exact) mass is 251 g/mol. The molecule has 0 unspecified atom stereocenters. The molecule has 1 aliphatic heterocycles. The van der Waals surface area contributed by atoms with E-state index in [2.05, 4.69) is 10.6 Å². The highest BCUT2D eigenvalue weighted by molar-refractivity contribution is 5.95. The first kappa shape index (κ1) is 12.7. The molecule has 0 bridgehead atoms. The zero-order chi connectivity index (χ0) is 13.1. The average Bonchev–Trinajstić information content (AvgIpc) is 2.36. The van der Waals surface area contributed by atoms with Crippen LogP contribution in [0.4, 0.5) is 17.1 Å². The molecule has 6 nitrogen and oxygen atoms in total. The van der Waals surface area contributed by atoms with Crippen molar-refractivity contribution in [1.82, 2.24) is 0 Å². The predicted molar refractivity (Wildman–Crippen MR) is 69.4 cm³/mol. The normalized spacial score (nSPS) is 14.3. The van der Waals surface area contributed by atoms with E-state index in [4.69, 9.17) is 15.9 Å². The largest absolute Gasteiger partial charge is 0.397 e. The van der Waals surface area contributed by atoms with Crippen LogP contribution >= 0.6 is 0 Å². The minimum absolute atomic E-state index is 0.00815. The molecular formula is C12H17N3O3. The Hall–Kier alpha value is -1.79. The Morgan fingerprint density at radius 2 is 2.06 bits per heavy atom. The molecule has 6 N–H and O–H groups in total. The van der Waals surface area contributed by atoms with Gasteiger partial charge in [-0.25, -0.2) is 0 Å². The van der Waals surface area contributed by atoms with E-state index in [9.17, 15) is 4.79 Å². The minimum atomic E-state index is -0.441. The van der Waals surface area contributed by atoms with E-state index in [0.717, 1.165) is 11.3 Å². The van der Waals surface area contributed by atoms with Gasteiger partial charge in [-0.3, -0.25) is 4.79 Å².